The standard InChI is InChI=1S/C16H24N2S/c1-11-7-8-12(15(17)19)13(10-11)18-14-6-4-5-9-16(14,2)3/h7-8,10,14,18H,4-6,9H2,1-3H3,(H2,17,19). The summed E-state index contributed by atoms with van der Waals surface area (Å²) in [4.78, 5) is 0.469. The molecule has 3 N–H and O–H groups in total. The lowest BCUT2D eigenvalue weighted by Gasteiger charge is -2.40. The molecule has 1 atom stereocenters. The Morgan fingerprint density at radius 2 is 2.11 bits per heavy atom. The highest BCUT2D eigenvalue weighted by Crippen LogP contribution is 2.37. The first-order valence-corrected chi connectivity index (χ1v) is 7.48. The van der Waals surface area contributed by atoms with Crippen molar-refractivity contribution in [3.05, 3.63) is 29.3 Å². The van der Waals surface area contributed by atoms with E-state index in [2.05, 4.69) is 38.2 Å². The number of anilines is 1. The van der Waals surface area contributed by atoms with Crippen molar-refractivity contribution in [2.45, 2.75) is 52.5 Å². The third-order valence-corrected chi connectivity index (χ3v) is 4.50. The van der Waals surface area contributed by atoms with Crippen LogP contribution in [0.2, 0.25) is 0 Å². The summed E-state index contributed by atoms with van der Waals surface area (Å²) in [5, 5.41) is 3.69. The molecule has 104 valence electrons. The van der Waals surface area contributed by atoms with E-state index in [0.717, 1.165) is 11.3 Å². The Kier molecular flexibility index (Phi) is 4.14. The zero-order valence-electron chi connectivity index (χ0n) is 12.1. The molecule has 0 aliphatic heterocycles. The first kappa shape index (κ1) is 14.3. The maximum atomic E-state index is 5.83. The number of nitrogens with one attached hydrogen (secondary N) is 1. The van der Waals surface area contributed by atoms with E-state index >= 15 is 0 Å². The average molecular weight is 276 g/mol. The molecule has 19 heavy (non-hydrogen) atoms. The highest BCUT2D eigenvalue weighted by atomic mass is 32.1. The highest BCUT2D eigenvalue weighted by molar-refractivity contribution is 7.80. The summed E-state index contributed by atoms with van der Waals surface area (Å²) >= 11 is 5.16. The second kappa shape index (κ2) is 5.49. The zero-order valence-corrected chi connectivity index (χ0v) is 12.9. The summed E-state index contributed by atoms with van der Waals surface area (Å²) in [5.41, 5.74) is 9.44. The Morgan fingerprint density at radius 3 is 2.74 bits per heavy atom. The van der Waals surface area contributed by atoms with Crippen molar-refractivity contribution >= 4 is 22.9 Å². The molecule has 0 bridgehead atoms. The molecule has 0 amide bonds. The van der Waals surface area contributed by atoms with Crippen LogP contribution in [0.4, 0.5) is 5.69 Å². The Morgan fingerprint density at radius 1 is 1.37 bits per heavy atom. The number of hydrogen-bond donors (Lipinski definition) is 2. The van der Waals surface area contributed by atoms with Crippen LogP contribution in [0, 0.1) is 12.3 Å². The molecule has 1 aliphatic rings. The summed E-state index contributed by atoms with van der Waals surface area (Å²) < 4.78 is 0. The zero-order chi connectivity index (χ0) is 14.0. The first-order valence-electron chi connectivity index (χ1n) is 7.07. The SMILES string of the molecule is Cc1ccc(C(N)=S)c(NC2CCCCC2(C)C)c1. The third kappa shape index (κ3) is 3.27. The van der Waals surface area contributed by atoms with Crippen LogP contribution in [0.5, 0.6) is 0 Å². The molecule has 1 aromatic rings. The predicted octanol–water partition coefficient (Wildman–Crippen LogP) is 4.01. The molecule has 0 heterocycles. The smallest absolute Gasteiger partial charge is 0.106 e. The van der Waals surface area contributed by atoms with Crippen LogP contribution >= 0.6 is 12.2 Å². The van der Waals surface area contributed by atoms with Crippen molar-refractivity contribution in [2.75, 3.05) is 5.32 Å². The Balaban J connectivity index is 2.27. The minimum absolute atomic E-state index is 0.329. The van der Waals surface area contributed by atoms with Gasteiger partial charge < -0.3 is 11.1 Å². The number of nitrogens with two attached hydrogens (primary N) is 1. The Hall–Kier alpha value is -1.09. The van der Waals surface area contributed by atoms with E-state index in [9.17, 15) is 0 Å². The van der Waals surface area contributed by atoms with Crippen LogP contribution in [0.15, 0.2) is 18.2 Å². The summed E-state index contributed by atoms with van der Waals surface area (Å²) in [6.45, 7) is 6.79. The van der Waals surface area contributed by atoms with Crippen LogP contribution in [-0.4, -0.2) is 11.0 Å². The molecule has 2 rings (SSSR count). The predicted molar refractivity (Wildman–Crippen MR) is 86.7 cm³/mol. The molecule has 1 aromatic carbocycles. The maximum absolute atomic E-state index is 5.83. The molecule has 0 aromatic heterocycles. The van der Waals surface area contributed by atoms with E-state index in [-0.39, 0.29) is 0 Å². The van der Waals surface area contributed by atoms with Gasteiger partial charge in [0.2, 0.25) is 0 Å². The number of aryl methyl sites for hydroxylation is 1. The minimum Gasteiger partial charge on any atom is -0.389 e. The number of hydrogen-bond acceptors (Lipinski definition) is 2. The average Bonchev–Trinajstić information content (AvgIpc) is 2.31. The molecule has 0 radical (unpaired) electrons. The molecule has 1 aliphatic carbocycles. The van der Waals surface area contributed by atoms with Crippen molar-refractivity contribution in [3.8, 4) is 0 Å². The summed E-state index contributed by atoms with van der Waals surface area (Å²) in [6, 6.07) is 6.73. The maximum Gasteiger partial charge on any atom is 0.106 e. The van der Waals surface area contributed by atoms with Gasteiger partial charge in [0.05, 0.1) is 0 Å². The van der Waals surface area contributed by atoms with Gasteiger partial charge in [-0.2, -0.15) is 0 Å². The van der Waals surface area contributed by atoms with E-state index in [1.807, 2.05) is 6.07 Å². The first-order chi connectivity index (χ1) is 8.90. The molecule has 0 saturated heterocycles. The molecule has 0 spiro atoms. The van der Waals surface area contributed by atoms with E-state index in [4.69, 9.17) is 18.0 Å². The van der Waals surface area contributed by atoms with Gasteiger partial charge in [0.1, 0.15) is 4.99 Å². The minimum atomic E-state index is 0.329. The topological polar surface area (TPSA) is 38.0 Å². The monoisotopic (exact) mass is 276 g/mol. The van der Waals surface area contributed by atoms with Gasteiger partial charge in [0.15, 0.2) is 0 Å². The van der Waals surface area contributed by atoms with Crippen molar-refractivity contribution < 1.29 is 0 Å². The van der Waals surface area contributed by atoms with Crippen LogP contribution in [0.25, 0.3) is 0 Å². The lowest BCUT2D eigenvalue weighted by atomic mass is 9.73. The molecular formula is C16H24N2S. The van der Waals surface area contributed by atoms with E-state index in [1.165, 1.54) is 31.2 Å². The van der Waals surface area contributed by atoms with Crippen molar-refractivity contribution in [2.24, 2.45) is 11.1 Å². The molecule has 1 saturated carbocycles. The van der Waals surface area contributed by atoms with Gasteiger partial charge in [-0.05, 0) is 42.9 Å². The van der Waals surface area contributed by atoms with Gasteiger partial charge in [-0.3, -0.25) is 0 Å². The van der Waals surface area contributed by atoms with Gasteiger partial charge in [-0.15, -0.1) is 0 Å². The molecule has 2 nitrogen and oxygen atoms in total. The normalized spacial score (nSPS) is 21.9. The van der Waals surface area contributed by atoms with Crippen molar-refractivity contribution in [1.82, 2.24) is 0 Å². The summed E-state index contributed by atoms with van der Waals surface area (Å²) in [7, 11) is 0. The molecule has 1 fully saturated rings. The number of rotatable bonds is 3. The Labute approximate surface area is 121 Å². The van der Waals surface area contributed by atoms with Crippen molar-refractivity contribution in [1.29, 1.82) is 0 Å². The van der Waals surface area contributed by atoms with Crippen LogP contribution in [-0.2, 0) is 0 Å². The lowest BCUT2D eigenvalue weighted by molar-refractivity contribution is 0.217. The highest BCUT2D eigenvalue weighted by Gasteiger charge is 2.32. The second-order valence-corrected chi connectivity index (χ2v) is 6.78. The Bertz CT molecular complexity index is 480. The van der Waals surface area contributed by atoms with Crippen LogP contribution in [0.3, 0.4) is 0 Å². The van der Waals surface area contributed by atoms with Gasteiger partial charge >= 0.3 is 0 Å². The van der Waals surface area contributed by atoms with Crippen LogP contribution < -0.4 is 11.1 Å². The van der Waals surface area contributed by atoms with E-state index in [0.29, 0.717) is 16.4 Å². The molecule has 1 unspecified atom stereocenters. The molecular weight excluding hydrogens is 252 g/mol. The van der Waals surface area contributed by atoms with Crippen LogP contribution in [0.1, 0.15) is 50.7 Å². The number of benzene rings is 1. The largest absolute Gasteiger partial charge is 0.389 e. The van der Waals surface area contributed by atoms with Gasteiger partial charge in [0.25, 0.3) is 0 Å². The van der Waals surface area contributed by atoms with Gasteiger partial charge in [-0.25, -0.2) is 0 Å². The fourth-order valence-corrected chi connectivity index (χ4v) is 3.12. The second-order valence-electron chi connectivity index (χ2n) is 6.34. The van der Waals surface area contributed by atoms with Gasteiger partial charge in [-0.1, -0.05) is 45.0 Å². The fraction of sp³-hybridized carbons (Fsp3) is 0.562. The quantitative estimate of drug-likeness (QED) is 0.819. The summed E-state index contributed by atoms with van der Waals surface area (Å²) in [5.74, 6) is 0. The lowest BCUT2D eigenvalue weighted by Crippen LogP contribution is -2.39. The fourth-order valence-electron chi connectivity index (χ4n) is 2.94. The van der Waals surface area contributed by atoms with Crippen molar-refractivity contribution in [3.63, 3.8) is 0 Å². The third-order valence-electron chi connectivity index (χ3n) is 4.28. The van der Waals surface area contributed by atoms with E-state index in [1.54, 1.807) is 0 Å². The van der Waals surface area contributed by atoms with E-state index < -0.39 is 0 Å². The van der Waals surface area contributed by atoms with Gasteiger partial charge in [0, 0.05) is 17.3 Å². The molecule has 3 heteroatoms. The summed E-state index contributed by atoms with van der Waals surface area (Å²) in [6.07, 6.45) is 5.13. The number of thiocarbonyl (C=S) groups is 1.